The van der Waals surface area contributed by atoms with Gasteiger partial charge < -0.3 is 15.1 Å². The monoisotopic (exact) mass is 480 g/mol. The van der Waals surface area contributed by atoms with E-state index in [1.165, 1.54) is 12.5 Å². The van der Waals surface area contributed by atoms with Gasteiger partial charge >= 0.3 is 0 Å². The van der Waals surface area contributed by atoms with Crippen molar-refractivity contribution in [1.82, 2.24) is 20.5 Å². The number of fused-ring (bicyclic) bond motifs is 1. The van der Waals surface area contributed by atoms with Crippen molar-refractivity contribution in [2.45, 2.75) is 32.7 Å². The molecule has 7 nitrogen and oxygen atoms in total. The average Bonchev–Trinajstić information content (AvgIpc) is 2.89. The van der Waals surface area contributed by atoms with Crippen LogP contribution in [-0.2, 0) is 16.8 Å². The zero-order valence-electron chi connectivity index (χ0n) is 21.1. The molecule has 2 aromatic carbocycles. The number of carbonyl (C=O) groups excluding carboxylic acids is 1. The second-order valence-corrected chi connectivity index (χ2v) is 9.86. The molecule has 1 saturated heterocycles. The van der Waals surface area contributed by atoms with Crippen molar-refractivity contribution in [1.29, 1.82) is 0 Å². The van der Waals surface area contributed by atoms with Crippen molar-refractivity contribution in [3.63, 3.8) is 0 Å². The van der Waals surface area contributed by atoms with Gasteiger partial charge in [0.1, 0.15) is 5.82 Å². The maximum Gasteiger partial charge on any atom is 0.217 e. The number of aromatic nitrogens is 3. The quantitative estimate of drug-likeness (QED) is 0.443. The molecule has 3 heterocycles. The number of anilines is 2. The van der Waals surface area contributed by atoms with Crippen molar-refractivity contribution in [3.05, 3.63) is 89.7 Å². The number of nitrogens with one attached hydrogen (secondary N) is 1. The van der Waals surface area contributed by atoms with E-state index in [0.29, 0.717) is 0 Å². The van der Waals surface area contributed by atoms with Gasteiger partial charge in [-0.1, -0.05) is 60.7 Å². The second-order valence-electron chi connectivity index (χ2n) is 9.86. The maximum absolute atomic E-state index is 11.5. The number of hydrogen-bond acceptors (Lipinski definition) is 6. The summed E-state index contributed by atoms with van der Waals surface area (Å²) in [5.41, 5.74) is 2.77. The summed E-state index contributed by atoms with van der Waals surface area (Å²) in [6, 6.07) is 23.0. The molecule has 0 aliphatic carbocycles. The molecule has 0 saturated carbocycles. The van der Waals surface area contributed by atoms with Crippen LogP contribution in [0.15, 0.2) is 72.9 Å². The Morgan fingerprint density at radius 3 is 2.19 bits per heavy atom. The normalized spacial score (nSPS) is 14.2. The van der Waals surface area contributed by atoms with E-state index >= 15 is 0 Å². The van der Waals surface area contributed by atoms with Crippen LogP contribution in [-0.4, -0.2) is 47.3 Å². The Labute approximate surface area is 212 Å². The Morgan fingerprint density at radius 1 is 0.861 bits per heavy atom. The Balaban J connectivity index is 1.30. The van der Waals surface area contributed by atoms with Crippen LogP contribution in [0.1, 0.15) is 37.6 Å². The molecule has 2 aromatic heterocycles. The molecule has 36 heavy (non-hydrogen) atoms. The summed E-state index contributed by atoms with van der Waals surface area (Å²) in [5.74, 6) is 1.84. The van der Waals surface area contributed by atoms with Crippen molar-refractivity contribution in [3.8, 4) is 0 Å². The lowest BCUT2D eigenvalue weighted by molar-refractivity contribution is -0.120. The van der Waals surface area contributed by atoms with E-state index < -0.39 is 5.54 Å². The van der Waals surface area contributed by atoms with Crippen molar-refractivity contribution in [2.75, 3.05) is 36.0 Å². The number of pyridine rings is 1. The van der Waals surface area contributed by atoms with E-state index in [2.05, 4.69) is 74.8 Å². The number of nitrogens with zero attached hydrogens (tertiary/aromatic N) is 5. The third-order valence-corrected chi connectivity index (χ3v) is 6.82. The summed E-state index contributed by atoms with van der Waals surface area (Å²) in [5, 5.41) is 14.6. The number of amides is 1. The highest BCUT2D eigenvalue weighted by Gasteiger charge is 2.24. The lowest BCUT2D eigenvalue weighted by atomic mass is 9.96. The number of piperazine rings is 1. The number of hydrogen-bond donors (Lipinski definition) is 1. The van der Waals surface area contributed by atoms with Crippen molar-refractivity contribution < 1.29 is 4.79 Å². The molecule has 0 spiro atoms. The highest BCUT2D eigenvalue weighted by Crippen LogP contribution is 2.29. The van der Waals surface area contributed by atoms with E-state index in [-0.39, 0.29) is 5.91 Å². The van der Waals surface area contributed by atoms with Crippen LogP contribution in [0.5, 0.6) is 0 Å². The number of carbonyl (C=O) groups is 1. The van der Waals surface area contributed by atoms with E-state index in [1.54, 1.807) is 0 Å². The average molecular weight is 481 g/mol. The fourth-order valence-electron chi connectivity index (χ4n) is 4.90. The van der Waals surface area contributed by atoms with E-state index in [0.717, 1.165) is 66.3 Å². The van der Waals surface area contributed by atoms with Crippen LogP contribution >= 0.6 is 0 Å². The summed E-state index contributed by atoms with van der Waals surface area (Å²) in [4.78, 5) is 20.8. The third kappa shape index (κ3) is 5.00. The second kappa shape index (κ2) is 9.93. The minimum atomic E-state index is -0.456. The summed E-state index contributed by atoms with van der Waals surface area (Å²) < 4.78 is 0. The van der Waals surface area contributed by atoms with Gasteiger partial charge in [0.05, 0.1) is 11.2 Å². The molecular weight excluding hydrogens is 448 g/mol. The van der Waals surface area contributed by atoms with Crippen LogP contribution < -0.4 is 15.1 Å². The molecule has 0 radical (unpaired) electrons. The maximum atomic E-state index is 11.5. The molecule has 5 rings (SSSR count). The highest BCUT2D eigenvalue weighted by molar-refractivity contribution is 5.93. The molecule has 4 aromatic rings. The fraction of sp³-hybridized carbons (Fsp3) is 0.310. The van der Waals surface area contributed by atoms with Crippen molar-refractivity contribution in [2.24, 2.45) is 0 Å². The van der Waals surface area contributed by atoms with Crippen LogP contribution in [0.4, 0.5) is 11.6 Å². The molecular formula is C29H32N6O. The van der Waals surface area contributed by atoms with Gasteiger partial charge in [-0.15, -0.1) is 5.10 Å². The Hall–Kier alpha value is -4.00. The van der Waals surface area contributed by atoms with E-state index in [4.69, 9.17) is 10.1 Å². The van der Waals surface area contributed by atoms with Gasteiger partial charge in [0.15, 0.2) is 5.82 Å². The first-order chi connectivity index (χ1) is 17.4. The lowest BCUT2D eigenvalue weighted by Crippen LogP contribution is -2.47. The minimum absolute atomic E-state index is 0.0519. The largest absolute Gasteiger partial charge is 0.353 e. The molecule has 1 aliphatic rings. The number of benzene rings is 2. The molecule has 1 fully saturated rings. The molecule has 1 amide bonds. The SMILES string of the molecule is CC(=O)NC(C)(C)c1ccc(N2CCN(c3nnc(Cc4ccccc4)c4ccccc34)CC2)nc1. The Morgan fingerprint density at radius 2 is 1.53 bits per heavy atom. The van der Waals surface area contributed by atoms with Gasteiger partial charge in [-0.25, -0.2) is 4.98 Å². The summed E-state index contributed by atoms with van der Waals surface area (Å²) >= 11 is 0. The minimum Gasteiger partial charge on any atom is -0.353 e. The molecule has 1 N–H and O–H groups in total. The van der Waals surface area contributed by atoms with Crippen molar-refractivity contribution >= 4 is 28.3 Å². The van der Waals surface area contributed by atoms with Crippen LogP contribution in [0.25, 0.3) is 10.8 Å². The molecule has 0 atom stereocenters. The first kappa shape index (κ1) is 23.7. The van der Waals surface area contributed by atoms with E-state index in [1.807, 2.05) is 32.2 Å². The first-order valence-electron chi connectivity index (χ1n) is 12.4. The fourth-order valence-corrected chi connectivity index (χ4v) is 4.90. The summed E-state index contributed by atoms with van der Waals surface area (Å²) in [6.45, 7) is 8.90. The number of rotatable bonds is 6. The lowest BCUT2D eigenvalue weighted by Gasteiger charge is -2.36. The predicted molar refractivity (Wildman–Crippen MR) is 144 cm³/mol. The first-order valence-corrected chi connectivity index (χ1v) is 12.4. The zero-order valence-corrected chi connectivity index (χ0v) is 21.1. The van der Waals surface area contributed by atoms with Crippen LogP contribution in [0.3, 0.4) is 0 Å². The van der Waals surface area contributed by atoms with Gasteiger partial charge in [0.25, 0.3) is 0 Å². The summed E-state index contributed by atoms with van der Waals surface area (Å²) in [6.07, 6.45) is 2.63. The Kier molecular flexibility index (Phi) is 6.55. The zero-order chi connectivity index (χ0) is 25.1. The topological polar surface area (TPSA) is 74.2 Å². The van der Waals surface area contributed by atoms with Gasteiger partial charge in [-0.3, -0.25) is 4.79 Å². The van der Waals surface area contributed by atoms with Crippen LogP contribution in [0.2, 0.25) is 0 Å². The molecule has 184 valence electrons. The smallest absolute Gasteiger partial charge is 0.217 e. The van der Waals surface area contributed by atoms with Gasteiger partial charge in [-0.2, -0.15) is 5.10 Å². The highest BCUT2D eigenvalue weighted by atomic mass is 16.1. The van der Waals surface area contributed by atoms with Gasteiger partial charge in [0, 0.05) is 56.5 Å². The molecule has 0 unspecified atom stereocenters. The Bertz CT molecular complexity index is 1350. The third-order valence-electron chi connectivity index (χ3n) is 6.82. The summed E-state index contributed by atoms with van der Waals surface area (Å²) in [7, 11) is 0. The standard InChI is InChI=1S/C29H32N6O/c1-21(36)31-29(2,3)23-13-14-27(30-20-23)34-15-17-35(18-16-34)28-25-12-8-7-11-24(25)26(32-33-28)19-22-9-5-4-6-10-22/h4-14,20H,15-19H2,1-3H3,(H,31,36). The van der Waals surface area contributed by atoms with Gasteiger partial charge in [0.2, 0.25) is 5.91 Å². The van der Waals surface area contributed by atoms with Gasteiger partial charge in [-0.05, 0) is 31.0 Å². The molecule has 1 aliphatic heterocycles. The molecule has 7 heteroatoms. The predicted octanol–water partition coefficient (Wildman–Crippen LogP) is 4.31. The van der Waals surface area contributed by atoms with Crippen LogP contribution in [0, 0.1) is 0 Å². The molecule has 0 bridgehead atoms. The van der Waals surface area contributed by atoms with E-state index in [9.17, 15) is 4.79 Å².